The summed E-state index contributed by atoms with van der Waals surface area (Å²) in [6, 6.07) is 0. The van der Waals surface area contributed by atoms with Crippen LogP contribution in [-0.4, -0.2) is 30.7 Å². The Hall–Kier alpha value is -1.85. The molecule has 1 amide bonds. The third kappa shape index (κ3) is 3.30. The fraction of sp³-hybridized carbons (Fsp3) is 0.545. The number of nitrogens with one attached hydrogen (secondary N) is 1. The van der Waals surface area contributed by atoms with E-state index in [1.54, 1.807) is 6.92 Å². The summed E-state index contributed by atoms with van der Waals surface area (Å²) < 4.78 is 9.42. The van der Waals surface area contributed by atoms with Crippen LogP contribution >= 0.6 is 0 Å². The normalized spacial score (nSPS) is 10.1. The van der Waals surface area contributed by atoms with Crippen LogP contribution in [0.25, 0.3) is 0 Å². The van der Waals surface area contributed by atoms with Crippen LogP contribution in [0.1, 0.15) is 35.2 Å². The molecule has 1 aromatic heterocycles. The molecule has 0 aliphatic carbocycles. The smallest absolute Gasteiger partial charge is 0.307 e. The molecule has 0 radical (unpaired) electrons. The van der Waals surface area contributed by atoms with Gasteiger partial charge in [0.05, 0.1) is 19.2 Å². The van der Waals surface area contributed by atoms with E-state index in [2.05, 4.69) is 15.2 Å². The lowest BCUT2D eigenvalue weighted by Gasteiger charge is -2.04. The first-order chi connectivity index (χ1) is 8.10. The Morgan fingerprint density at radius 3 is 2.76 bits per heavy atom. The van der Waals surface area contributed by atoms with E-state index in [9.17, 15) is 9.59 Å². The minimum atomic E-state index is -0.358. The van der Waals surface area contributed by atoms with Crippen molar-refractivity contribution >= 4 is 11.9 Å². The zero-order valence-corrected chi connectivity index (χ0v) is 10.2. The second-order valence-electron chi connectivity index (χ2n) is 3.50. The highest BCUT2D eigenvalue weighted by molar-refractivity contribution is 5.96. The number of aryl methyl sites for hydroxylation is 2. The minimum absolute atomic E-state index is 0.147. The maximum Gasteiger partial charge on any atom is 0.307 e. The summed E-state index contributed by atoms with van der Waals surface area (Å²) in [6.07, 6.45) is 0.769. The van der Waals surface area contributed by atoms with Crippen LogP contribution < -0.4 is 5.32 Å². The number of aromatic nitrogens is 1. The fourth-order valence-corrected chi connectivity index (χ4v) is 1.42. The number of esters is 1. The molecule has 17 heavy (non-hydrogen) atoms. The van der Waals surface area contributed by atoms with Crippen LogP contribution in [0.3, 0.4) is 0 Å². The molecule has 0 saturated carbocycles. The number of hydrogen-bond acceptors (Lipinski definition) is 5. The Labute approximate surface area is 99.3 Å². The van der Waals surface area contributed by atoms with Crippen molar-refractivity contribution in [1.82, 2.24) is 10.5 Å². The molecule has 94 valence electrons. The summed E-state index contributed by atoms with van der Waals surface area (Å²) in [6.45, 7) is 3.81. The average molecular weight is 240 g/mol. The molecule has 1 aromatic rings. The van der Waals surface area contributed by atoms with Gasteiger partial charge in [-0.05, 0) is 13.3 Å². The van der Waals surface area contributed by atoms with Gasteiger partial charge in [-0.3, -0.25) is 9.59 Å². The van der Waals surface area contributed by atoms with Crippen molar-refractivity contribution in [2.24, 2.45) is 0 Å². The molecule has 1 heterocycles. The van der Waals surface area contributed by atoms with Crippen LogP contribution in [0.15, 0.2) is 4.52 Å². The number of nitrogens with zero attached hydrogens (tertiary/aromatic N) is 1. The number of carbonyl (C=O) groups excluding carboxylic acids is 2. The minimum Gasteiger partial charge on any atom is -0.469 e. The van der Waals surface area contributed by atoms with Crippen molar-refractivity contribution in [2.75, 3.05) is 13.7 Å². The molecule has 0 aliphatic heterocycles. The molecule has 1 rings (SSSR count). The molecule has 0 unspecified atom stereocenters. The third-order valence-corrected chi connectivity index (χ3v) is 2.34. The van der Waals surface area contributed by atoms with Gasteiger partial charge in [-0.2, -0.15) is 0 Å². The summed E-state index contributed by atoms with van der Waals surface area (Å²) in [5.41, 5.74) is 1.08. The maximum absolute atomic E-state index is 11.8. The van der Waals surface area contributed by atoms with Crippen LogP contribution in [0.5, 0.6) is 0 Å². The van der Waals surface area contributed by atoms with Crippen LogP contribution in [0, 0.1) is 6.92 Å². The second kappa shape index (κ2) is 6.03. The van der Waals surface area contributed by atoms with E-state index < -0.39 is 0 Å². The van der Waals surface area contributed by atoms with Crippen molar-refractivity contribution in [2.45, 2.75) is 26.7 Å². The molecule has 0 atom stereocenters. The van der Waals surface area contributed by atoms with Crippen molar-refractivity contribution in [1.29, 1.82) is 0 Å². The Bertz CT molecular complexity index is 412. The van der Waals surface area contributed by atoms with E-state index in [0.29, 0.717) is 23.4 Å². The van der Waals surface area contributed by atoms with Gasteiger partial charge in [0.15, 0.2) is 0 Å². The van der Waals surface area contributed by atoms with Crippen molar-refractivity contribution < 1.29 is 18.8 Å². The van der Waals surface area contributed by atoms with E-state index >= 15 is 0 Å². The Kier molecular flexibility index (Phi) is 4.68. The zero-order valence-electron chi connectivity index (χ0n) is 10.2. The van der Waals surface area contributed by atoms with Gasteiger partial charge in [-0.1, -0.05) is 12.1 Å². The van der Waals surface area contributed by atoms with Gasteiger partial charge >= 0.3 is 5.97 Å². The summed E-state index contributed by atoms with van der Waals surface area (Å²) >= 11 is 0. The highest BCUT2D eigenvalue weighted by Gasteiger charge is 2.18. The van der Waals surface area contributed by atoms with E-state index in [4.69, 9.17) is 4.52 Å². The number of methoxy groups -OCH3 is 1. The summed E-state index contributed by atoms with van der Waals surface area (Å²) in [4.78, 5) is 22.7. The van der Waals surface area contributed by atoms with Crippen LogP contribution in [0.4, 0.5) is 0 Å². The molecule has 0 saturated heterocycles. The first kappa shape index (κ1) is 13.2. The van der Waals surface area contributed by atoms with Crippen molar-refractivity contribution in [3.8, 4) is 0 Å². The fourth-order valence-electron chi connectivity index (χ4n) is 1.42. The molecule has 0 fully saturated rings. The largest absolute Gasteiger partial charge is 0.469 e. The molecule has 0 bridgehead atoms. The average Bonchev–Trinajstić information content (AvgIpc) is 2.69. The topological polar surface area (TPSA) is 81.4 Å². The Morgan fingerprint density at radius 1 is 1.47 bits per heavy atom. The molecule has 0 spiro atoms. The molecule has 0 aliphatic rings. The quantitative estimate of drug-likeness (QED) is 0.771. The number of amides is 1. The molecular formula is C11H16N2O4. The van der Waals surface area contributed by atoms with Crippen molar-refractivity contribution in [3.05, 3.63) is 17.0 Å². The first-order valence-electron chi connectivity index (χ1n) is 5.40. The van der Waals surface area contributed by atoms with E-state index in [0.717, 1.165) is 0 Å². The zero-order chi connectivity index (χ0) is 12.8. The number of hydrogen-bond donors (Lipinski definition) is 1. The van der Waals surface area contributed by atoms with Gasteiger partial charge in [0, 0.05) is 6.54 Å². The first-order valence-corrected chi connectivity index (χ1v) is 5.40. The number of rotatable bonds is 5. The lowest BCUT2D eigenvalue weighted by molar-refractivity contribution is -0.140. The van der Waals surface area contributed by atoms with Gasteiger partial charge < -0.3 is 14.6 Å². The van der Waals surface area contributed by atoms with Crippen molar-refractivity contribution in [3.63, 3.8) is 0 Å². The van der Waals surface area contributed by atoms with Crippen LogP contribution in [0.2, 0.25) is 0 Å². The molecular weight excluding hydrogens is 224 g/mol. The lowest BCUT2D eigenvalue weighted by atomic mass is 10.1. The van der Waals surface area contributed by atoms with E-state index in [1.165, 1.54) is 7.11 Å². The number of carbonyl (C=O) groups is 2. The Morgan fingerprint density at radius 2 is 2.18 bits per heavy atom. The van der Waals surface area contributed by atoms with Crippen LogP contribution in [-0.2, 0) is 16.0 Å². The molecule has 6 heteroatoms. The standard InChI is InChI=1S/C11H16N2O4/c1-4-8-10(7(2)17-13-8)11(15)12-6-5-9(14)16-3/h4-6H2,1-3H3,(H,12,15). The lowest BCUT2D eigenvalue weighted by Crippen LogP contribution is -2.27. The third-order valence-electron chi connectivity index (χ3n) is 2.34. The predicted octanol–water partition coefficient (Wildman–Crippen LogP) is 0.838. The van der Waals surface area contributed by atoms with Gasteiger partial charge in [-0.15, -0.1) is 0 Å². The monoisotopic (exact) mass is 240 g/mol. The SMILES string of the molecule is CCc1noc(C)c1C(=O)NCCC(=O)OC. The predicted molar refractivity (Wildman–Crippen MR) is 59.6 cm³/mol. The molecule has 6 nitrogen and oxygen atoms in total. The van der Waals surface area contributed by atoms with E-state index in [-0.39, 0.29) is 24.8 Å². The van der Waals surface area contributed by atoms with Gasteiger partial charge in [0.1, 0.15) is 11.3 Å². The molecule has 1 N–H and O–H groups in total. The number of ether oxygens (including phenoxy) is 1. The summed E-state index contributed by atoms with van der Waals surface area (Å²) in [5.74, 6) is -0.148. The summed E-state index contributed by atoms with van der Waals surface area (Å²) in [7, 11) is 1.31. The van der Waals surface area contributed by atoms with Gasteiger partial charge in [-0.25, -0.2) is 0 Å². The van der Waals surface area contributed by atoms with Gasteiger partial charge in [0.2, 0.25) is 0 Å². The highest BCUT2D eigenvalue weighted by atomic mass is 16.5. The van der Waals surface area contributed by atoms with E-state index in [1.807, 2.05) is 6.92 Å². The summed E-state index contributed by atoms with van der Waals surface area (Å²) in [5, 5.41) is 6.41. The highest BCUT2D eigenvalue weighted by Crippen LogP contribution is 2.13. The maximum atomic E-state index is 11.8. The second-order valence-corrected chi connectivity index (χ2v) is 3.50. The van der Waals surface area contributed by atoms with Gasteiger partial charge in [0.25, 0.3) is 5.91 Å². The molecule has 0 aromatic carbocycles. The Balaban J connectivity index is 2.58.